The van der Waals surface area contributed by atoms with Crippen molar-refractivity contribution in [3.63, 3.8) is 0 Å². The van der Waals surface area contributed by atoms with E-state index in [0.29, 0.717) is 55.3 Å². The van der Waals surface area contributed by atoms with Gasteiger partial charge in [0.2, 0.25) is 5.91 Å². The lowest BCUT2D eigenvalue weighted by Crippen LogP contribution is -2.49. The summed E-state index contributed by atoms with van der Waals surface area (Å²) in [6.45, 7) is 2.56. The second-order valence-corrected chi connectivity index (χ2v) is 9.07. The normalized spacial score (nSPS) is 20.9. The van der Waals surface area contributed by atoms with Gasteiger partial charge in [-0.05, 0) is 43.2 Å². The topological polar surface area (TPSA) is 90.0 Å². The highest BCUT2D eigenvalue weighted by atomic mass is 35.5. The zero-order chi connectivity index (χ0) is 23.4. The molecule has 7 nitrogen and oxygen atoms in total. The van der Waals surface area contributed by atoms with Crippen LogP contribution in [-0.4, -0.2) is 54.0 Å². The first kappa shape index (κ1) is 23.1. The maximum Gasteiger partial charge on any atom is 0.307 e. The van der Waals surface area contributed by atoms with E-state index < -0.39 is 17.8 Å². The minimum Gasteiger partial charge on any atom is -0.481 e. The number of rotatable bonds is 5. The molecular formula is C25H28ClN3O4. The summed E-state index contributed by atoms with van der Waals surface area (Å²) in [4.78, 5) is 42.0. The Morgan fingerprint density at radius 2 is 1.58 bits per heavy atom. The minimum atomic E-state index is -0.950. The highest BCUT2D eigenvalue weighted by molar-refractivity contribution is 6.31. The quantitative estimate of drug-likeness (QED) is 0.687. The molecule has 0 unspecified atom stereocenters. The van der Waals surface area contributed by atoms with E-state index in [9.17, 15) is 19.5 Å². The zero-order valence-electron chi connectivity index (χ0n) is 18.4. The van der Waals surface area contributed by atoms with Crippen LogP contribution in [0.1, 0.15) is 36.0 Å². The molecule has 2 amide bonds. The van der Waals surface area contributed by atoms with Crippen LogP contribution in [0.2, 0.25) is 5.02 Å². The molecule has 1 aliphatic heterocycles. The summed E-state index contributed by atoms with van der Waals surface area (Å²) in [6.07, 6.45) is 2.63. The molecular weight excluding hydrogens is 442 g/mol. The first-order valence-electron chi connectivity index (χ1n) is 11.4. The summed E-state index contributed by atoms with van der Waals surface area (Å²) in [5.41, 5.74) is 1.82. The maximum atomic E-state index is 13.3. The monoisotopic (exact) mass is 469 g/mol. The molecule has 0 aromatic heterocycles. The number of amides is 2. The Morgan fingerprint density at radius 3 is 2.24 bits per heavy atom. The molecule has 4 rings (SSSR count). The van der Waals surface area contributed by atoms with E-state index in [4.69, 9.17) is 11.6 Å². The Morgan fingerprint density at radius 1 is 0.909 bits per heavy atom. The van der Waals surface area contributed by atoms with Gasteiger partial charge in [0.25, 0.3) is 5.91 Å². The van der Waals surface area contributed by atoms with Gasteiger partial charge in [0, 0.05) is 36.9 Å². The van der Waals surface area contributed by atoms with Crippen LogP contribution in [0.15, 0.2) is 48.5 Å². The van der Waals surface area contributed by atoms with Crippen molar-refractivity contribution >= 4 is 40.8 Å². The standard InChI is InChI=1S/C25H28ClN3O4/c26-17-10-11-21(22(16-17)27-23(30)19-8-4-5-9-20(19)25(32)33)24(31)29-14-12-28(13-15-29)18-6-2-1-3-7-18/h1-3,6-7,10-11,16,19-20H,4-5,8-9,12-15H2,(H,27,30)(H,32,33)/t19-,20+/m0/s1. The number of nitrogens with zero attached hydrogens (tertiary/aromatic N) is 2. The maximum absolute atomic E-state index is 13.3. The van der Waals surface area contributed by atoms with Gasteiger partial charge in [-0.1, -0.05) is 42.6 Å². The first-order valence-corrected chi connectivity index (χ1v) is 11.7. The summed E-state index contributed by atoms with van der Waals surface area (Å²) in [5, 5.41) is 12.7. The van der Waals surface area contributed by atoms with E-state index in [1.165, 1.54) is 0 Å². The molecule has 2 aromatic carbocycles. The van der Waals surface area contributed by atoms with Crippen LogP contribution >= 0.6 is 11.6 Å². The average molecular weight is 470 g/mol. The number of para-hydroxylation sites is 1. The summed E-state index contributed by atoms with van der Waals surface area (Å²) >= 11 is 6.17. The molecule has 2 fully saturated rings. The summed E-state index contributed by atoms with van der Waals surface area (Å²) in [6, 6.07) is 14.9. The molecule has 1 saturated carbocycles. The predicted octanol–water partition coefficient (Wildman–Crippen LogP) is 4.13. The number of nitrogens with one attached hydrogen (secondary N) is 1. The average Bonchev–Trinajstić information content (AvgIpc) is 2.84. The van der Waals surface area contributed by atoms with Gasteiger partial charge < -0.3 is 20.2 Å². The molecule has 33 heavy (non-hydrogen) atoms. The Balaban J connectivity index is 1.47. The number of aliphatic carboxylic acids is 1. The third-order valence-electron chi connectivity index (χ3n) is 6.58. The van der Waals surface area contributed by atoms with Crippen LogP contribution in [0.3, 0.4) is 0 Å². The highest BCUT2D eigenvalue weighted by Crippen LogP contribution is 2.32. The molecule has 2 N–H and O–H groups in total. The van der Waals surface area contributed by atoms with Crippen LogP contribution in [0, 0.1) is 11.8 Å². The van der Waals surface area contributed by atoms with Crippen molar-refractivity contribution in [2.24, 2.45) is 11.8 Å². The fraction of sp³-hybridized carbons (Fsp3) is 0.400. The van der Waals surface area contributed by atoms with Gasteiger partial charge in [0.1, 0.15) is 0 Å². The molecule has 8 heteroatoms. The molecule has 2 atom stereocenters. The Bertz CT molecular complexity index is 1020. The van der Waals surface area contributed by atoms with E-state index in [-0.39, 0.29) is 11.8 Å². The summed E-state index contributed by atoms with van der Waals surface area (Å²) < 4.78 is 0. The second kappa shape index (κ2) is 10.3. The molecule has 1 saturated heterocycles. The molecule has 0 spiro atoms. The number of piperazine rings is 1. The van der Waals surface area contributed by atoms with Gasteiger partial charge in [0.15, 0.2) is 0 Å². The lowest BCUT2D eigenvalue weighted by Gasteiger charge is -2.36. The molecule has 1 heterocycles. The largest absolute Gasteiger partial charge is 0.481 e. The number of carbonyl (C=O) groups is 3. The minimum absolute atomic E-state index is 0.173. The van der Waals surface area contributed by atoms with Gasteiger partial charge in [-0.2, -0.15) is 0 Å². The lowest BCUT2D eigenvalue weighted by atomic mass is 9.78. The Hall–Kier alpha value is -3.06. The van der Waals surface area contributed by atoms with Crippen LogP contribution in [0.4, 0.5) is 11.4 Å². The second-order valence-electron chi connectivity index (χ2n) is 8.63. The van der Waals surface area contributed by atoms with Crippen LogP contribution in [0.5, 0.6) is 0 Å². The summed E-state index contributed by atoms with van der Waals surface area (Å²) in [7, 11) is 0. The third-order valence-corrected chi connectivity index (χ3v) is 6.81. The van der Waals surface area contributed by atoms with Gasteiger partial charge in [-0.3, -0.25) is 14.4 Å². The Kier molecular flexibility index (Phi) is 7.18. The molecule has 2 aromatic rings. The van der Waals surface area contributed by atoms with Gasteiger partial charge in [-0.15, -0.1) is 0 Å². The van der Waals surface area contributed by atoms with Crippen LogP contribution in [-0.2, 0) is 9.59 Å². The number of anilines is 2. The Labute approximate surface area is 198 Å². The molecule has 0 radical (unpaired) electrons. The SMILES string of the molecule is O=C(Nc1cc(Cl)ccc1C(=O)N1CCN(c2ccccc2)CC1)[C@H]1CCCC[C@H]1C(=O)O. The summed E-state index contributed by atoms with van der Waals surface area (Å²) in [5.74, 6) is -2.82. The number of carboxylic acid groups (broad SMARTS) is 1. The molecule has 174 valence electrons. The number of carbonyl (C=O) groups excluding carboxylic acids is 2. The predicted molar refractivity (Wildman–Crippen MR) is 128 cm³/mol. The zero-order valence-corrected chi connectivity index (χ0v) is 19.1. The number of carboxylic acids is 1. The van der Waals surface area contributed by atoms with Crippen LogP contribution in [0.25, 0.3) is 0 Å². The molecule has 0 bridgehead atoms. The van der Waals surface area contributed by atoms with Crippen molar-refractivity contribution in [3.8, 4) is 0 Å². The fourth-order valence-electron chi connectivity index (χ4n) is 4.75. The number of benzene rings is 2. The van der Waals surface area contributed by atoms with E-state index in [1.807, 2.05) is 18.2 Å². The smallest absolute Gasteiger partial charge is 0.307 e. The number of halogens is 1. The van der Waals surface area contributed by atoms with Crippen molar-refractivity contribution in [1.82, 2.24) is 4.90 Å². The van der Waals surface area contributed by atoms with Crippen LogP contribution < -0.4 is 10.2 Å². The van der Waals surface area contributed by atoms with Gasteiger partial charge in [0.05, 0.1) is 23.1 Å². The molecule has 1 aliphatic carbocycles. The van der Waals surface area contributed by atoms with Crippen molar-refractivity contribution in [2.75, 3.05) is 36.4 Å². The first-order chi connectivity index (χ1) is 15.9. The highest BCUT2D eigenvalue weighted by Gasteiger charge is 2.36. The van der Waals surface area contributed by atoms with E-state index in [1.54, 1.807) is 23.1 Å². The van der Waals surface area contributed by atoms with E-state index >= 15 is 0 Å². The van der Waals surface area contributed by atoms with E-state index in [0.717, 1.165) is 18.5 Å². The number of hydrogen-bond acceptors (Lipinski definition) is 4. The van der Waals surface area contributed by atoms with Crippen molar-refractivity contribution in [2.45, 2.75) is 25.7 Å². The fourth-order valence-corrected chi connectivity index (χ4v) is 4.92. The van der Waals surface area contributed by atoms with Gasteiger partial charge in [-0.25, -0.2) is 0 Å². The van der Waals surface area contributed by atoms with Crippen molar-refractivity contribution in [1.29, 1.82) is 0 Å². The molecule has 2 aliphatic rings. The van der Waals surface area contributed by atoms with Crippen molar-refractivity contribution < 1.29 is 19.5 Å². The lowest BCUT2D eigenvalue weighted by molar-refractivity contribution is -0.147. The van der Waals surface area contributed by atoms with Gasteiger partial charge >= 0.3 is 5.97 Å². The number of hydrogen-bond donors (Lipinski definition) is 2. The third kappa shape index (κ3) is 5.30. The van der Waals surface area contributed by atoms with Crippen molar-refractivity contribution in [3.05, 3.63) is 59.1 Å². The van der Waals surface area contributed by atoms with E-state index in [2.05, 4.69) is 22.3 Å².